The van der Waals surface area contributed by atoms with E-state index in [9.17, 15) is 4.79 Å². The molecule has 78 valence electrons. The third-order valence-corrected chi connectivity index (χ3v) is 2.21. The summed E-state index contributed by atoms with van der Waals surface area (Å²) in [5.74, 6) is -0.147. The van der Waals surface area contributed by atoms with Gasteiger partial charge in [-0.3, -0.25) is 4.40 Å². The van der Waals surface area contributed by atoms with Crippen LogP contribution >= 0.6 is 11.6 Å². The molecule has 2 heterocycles. The van der Waals surface area contributed by atoms with E-state index in [1.54, 1.807) is 12.4 Å². The first-order valence-electron chi connectivity index (χ1n) is 4.22. The van der Waals surface area contributed by atoms with E-state index in [2.05, 4.69) is 14.7 Å². The van der Waals surface area contributed by atoms with Crippen molar-refractivity contribution >= 4 is 23.3 Å². The van der Waals surface area contributed by atoms with Crippen molar-refractivity contribution in [2.75, 3.05) is 7.11 Å². The SMILES string of the molecule is COC(=O)c1c(Cl)nc2ncc(C)cn12. The minimum absolute atomic E-state index is 0.0972. The zero-order chi connectivity index (χ0) is 11.0. The lowest BCUT2D eigenvalue weighted by Gasteiger charge is -2.00. The Morgan fingerprint density at radius 1 is 1.60 bits per heavy atom. The van der Waals surface area contributed by atoms with E-state index in [0.717, 1.165) is 5.56 Å². The number of hydrogen-bond donors (Lipinski definition) is 0. The Bertz CT molecular complexity index is 535. The molecule has 0 aliphatic rings. The smallest absolute Gasteiger partial charge is 0.358 e. The minimum atomic E-state index is -0.528. The van der Waals surface area contributed by atoms with E-state index in [1.807, 2.05) is 6.92 Å². The number of halogens is 1. The van der Waals surface area contributed by atoms with Crippen LogP contribution < -0.4 is 0 Å². The summed E-state index contributed by atoms with van der Waals surface area (Å²) in [6.45, 7) is 1.86. The van der Waals surface area contributed by atoms with E-state index >= 15 is 0 Å². The Morgan fingerprint density at radius 3 is 3.00 bits per heavy atom. The first-order valence-corrected chi connectivity index (χ1v) is 4.60. The molecule has 5 nitrogen and oxygen atoms in total. The number of methoxy groups -OCH3 is 1. The molecule has 0 fully saturated rings. The van der Waals surface area contributed by atoms with E-state index in [-0.39, 0.29) is 10.8 Å². The maximum atomic E-state index is 11.4. The van der Waals surface area contributed by atoms with Gasteiger partial charge in [-0.25, -0.2) is 9.78 Å². The second-order valence-electron chi connectivity index (χ2n) is 3.04. The topological polar surface area (TPSA) is 56.5 Å². The lowest BCUT2D eigenvalue weighted by molar-refractivity contribution is 0.0593. The summed E-state index contributed by atoms with van der Waals surface area (Å²) >= 11 is 5.82. The van der Waals surface area contributed by atoms with E-state index < -0.39 is 5.97 Å². The van der Waals surface area contributed by atoms with Gasteiger partial charge in [0.15, 0.2) is 10.8 Å². The summed E-state index contributed by atoms with van der Waals surface area (Å²) in [7, 11) is 1.29. The van der Waals surface area contributed by atoms with Crippen LogP contribution in [0, 0.1) is 6.92 Å². The van der Waals surface area contributed by atoms with Gasteiger partial charge in [0.1, 0.15) is 0 Å². The van der Waals surface area contributed by atoms with Gasteiger partial charge in [-0.15, -0.1) is 0 Å². The summed E-state index contributed by atoms with van der Waals surface area (Å²) in [5.41, 5.74) is 1.10. The molecule has 0 N–H and O–H groups in total. The quantitative estimate of drug-likeness (QED) is 0.690. The van der Waals surface area contributed by atoms with E-state index in [1.165, 1.54) is 11.5 Å². The average molecular weight is 226 g/mol. The molecule has 0 unspecified atom stereocenters. The molecule has 2 aromatic rings. The van der Waals surface area contributed by atoms with E-state index in [4.69, 9.17) is 11.6 Å². The number of carbonyl (C=O) groups excluding carboxylic acids is 1. The Morgan fingerprint density at radius 2 is 2.33 bits per heavy atom. The largest absolute Gasteiger partial charge is 0.464 e. The normalized spacial score (nSPS) is 10.6. The molecule has 0 aliphatic heterocycles. The van der Waals surface area contributed by atoms with Crippen LogP contribution in [0.1, 0.15) is 16.1 Å². The fraction of sp³-hybridized carbons (Fsp3) is 0.222. The lowest BCUT2D eigenvalue weighted by atomic mass is 10.4. The number of fused-ring (bicyclic) bond motifs is 1. The molecule has 0 saturated heterocycles. The van der Waals surface area contributed by atoms with Crippen molar-refractivity contribution in [2.45, 2.75) is 6.92 Å². The lowest BCUT2D eigenvalue weighted by Crippen LogP contribution is -2.06. The molecule has 6 heteroatoms. The highest BCUT2D eigenvalue weighted by Gasteiger charge is 2.18. The molecule has 0 aliphatic carbocycles. The second-order valence-corrected chi connectivity index (χ2v) is 3.40. The first kappa shape index (κ1) is 9.92. The summed E-state index contributed by atoms with van der Waals surface area (Å²) in [4.78, 5) is 19.4. The maximum absolute atomic E-state index is 11.4. The van der Waals surface area contributed by atoms with Crippen molar-refractivity contribution in [1.82, 2.24) is 14.4 Å². The van der Waals surface area contributed by atoms with Gasteiger partial charge in [-0.05, 0) is 12.5 Å². The van der Waals surface area contributed by atoms with Gasteiger partial charge in [-0.1, -0.05) is 11.6 Å². The molecule has 0 atom stereocenters. The van der Waals surface area contributed by atoms with Gasteiger partial charge in [0, 0.05) is 12.4 Å². The first-order chi connectivity index (χ1) is 7.13. The van der Waals surface area contributed by atoms with Gasteiger partial charge in [0.2, 0.25) is 5.78 Å². The fourth-order valence-corrected chi connectivity index (χ4v) is 1.53. The van der Waals surface area contributed by atoms with Crippen molar-refractivity contribution in [2.24, 2.45) is 0 Å². The summed E-state index contributed by atoms with van der Waals surface area (Å²) in [6, 6.07) is 0. The molecule has 0 radical (unpaired) electrons. The van der Waals surface area contributed by atoms with Crippen LogP contribution in [-0.4, -0.2) is 27.4 Å². The average Bonchev–Trinajstić information content (AvgIpc) is 2.52. The standard InChI is InChI=1S/C9H8ClN3O2/c1-5-3-11-9-12-7(10)6(8(14)15-2)13(9)4-5/h3-4H,1-2H3. The Kier molecular flexibility index (Phi) is 2.32. The molecule has 0 bridgehead atoms. The van der Waals surface area contributed by atoms with Crippen molar-refractivity contribution < 1.29 is 9.53 Å². The molecule has 15 heavy (non-hydrogen) atoms. The van der Waals surface area contributed by atoms with Gasteiger partial charge >= 0.3 is 5.97 Å². The number of esters is 1. The number of rotatable bonds is 1. The van der Waals surface area contributed by atoms with Gasteiger partial charge in [0.25, 0.3) is 0 Å². The molecule has 2 rings (SSSR count). The zero-order valence-corrected chi connectivity index (χ0v) is 8.95. The van der Waals surface area contributed by atoms with Gasteiger partial charge in [0.05, 0.1) is 7.11 Å². The predicted octanol–water partition coefficient (Wildman–Crippen LogP) is 1.48. The van der Waals surface area contributed by atoms with Gasteiger partial charge in [-0.2, -0.15) is 4.98 Å². The van der Waals surface area contributed by atoms with Crippen molar-refractivity contribution in [3.63, 3.8) is 0 Å². The van der Waals surface area contributed by atoms with Crippen LogP contribution in [0.2, 0.25) is 5.15 Å². The van der Waals surface area contributed by atoms with Crippen LogP contribution in [-0.2, 0) is 4.74 Å². The van der Waals surface area contributed by atoms with Crippen LogP contribution in [0.4, 0.5) is 0 Å². The zero-order valence-electron chi connectivity index (χ0n) is 8.19. The number of nitrogens with zero attached hydrogens (tertiary/aromatic N) is 3. The molecular formula is C9H8ClN3O2. The second kappa shape index (κ2) is 3.51. The molecular weight excluding hydrogens is 218 g/mol. The van der Waals surface area contributed by atoms with Crippen molar-refractivity contribution in [3.05, 3.63) is 28.8 Å². The maximum Gasteiger partial charge on any atom is 0.358 e. The Balaban J connectivity index is 2.76. The monoisotopic (exact) mass is 225 g/mol. The molecule has 2 aromatic heterocycles. The number of ether oxygens (including phenoxy) is 1. The predicted molar refractivity (Wildman–Crippen MR) is 54.1 cm³/mol. The molecule has 0 amide bonds. The number of aryl methyl sites for hydroxylation is 1. The number of carbonyl (C=O) groups is 1. The van der Waals surface area contributed by atoms with Crippen LogP contribution in [0.25, 0.3) is 5.78 Å². The minimum Gasteiger partial charge on any atom is -0.464 e. The Labute approximate surface area is 90.7 Å². The highest BCUT2D eigenvalue weighted by Crippen LogP contribution is 2.17. The van der Waals surface area contributed by atoms with Gasteiger partial charge < -0.3 is 4.74 Å². The highest BCUT2D eigenvalue weighted by atomic mass is 35.5. The van der Waals surface area contributed by atoms with E-state index in [0.29, 0.717) is 5.78 Å². The van der Waals surface area contributed by atoms with Crippen LogP contribution in [0.3, 0.4) is 0 Å². The van der Waals surface area contributed by atoms with Crippen LogP contribution in [0.5, 0.6) is 0 Å². The van der Waals surface area contributed by atoms with Crippen molar-refractivity contribution in [1.29, 1.82) is 0 Å². The number of aromatic nitrogens is 3. The Hall–Kier alpha value is -1.62. The third-order valence-electron chi connectivity index (χ3n) is 1.95. The number of hydrogen-bond acceptors (Lipinski definition) is 4. The third kappa shape index (κ3) is 1.55. The molecule has 0 aromatic carbocycles. The van der Waals surface area contributed by atoms with Crippen LogP contribution in [0.15, 0.2) is 12.4 Å². The molecule has 0 saturated carbocycles. The summed E-state index contributed by atoms with van der Waals surface area (Å²) in [5, 5.41) is 0.0972. The van der Waals surface area contributed by atoms with Crippen molar-refractivity contribution in [3.8, 4) is 0 Å². The highest BCUT2D eigenvalue weighted by molar-refractivity contribution is 6.32. The number of imidazole rings is 1. The molecule has 0 spiro atoms. The fourth-order valence-electron chi connectivity index (χ4n) is 1.28. The summed E-state index contributed by atoms with van der Waals surface area (Å²) < 4.78 is 6.13. The summed E-state index contributed by atoms with van der Waals surface area (Å²) in [6.07, 6.45) is 3.38.